The summed E-state index contributed by atoms with van der Waals surface area (Å²) in [5.41, 5.74) is 3.74. The fourth-order valence-corrected chi connectivity index (χ4v) is 2.44. The zero-order valence-electron chi connectivity index (χ0n) is 9.92. The van der Waals surface area contributed by atoms with Crippen molar-refractivity contribution in [3.8, 4) is 5.75 Å². The molecule has 0 aromatic heterocycles. The molecule has 0 aliphatic carbocycles. The van der Waals surface area contributed by atoms with E-state index in [0.29, 0.717) is 5.92 Å². The summed E-state index contributed by atoms with van der Waals surface area (Å²) in [4.78, 5) is 0. The van der Waals surface area contributed by atoms with Crippen LogP contribution in [0.25, 0.3) is 0 Å². The maximum Gasteiger partial charge on any atom is 0.119 e. The van der Waals surface area contributed by atoms with E-state index in [4.69, 9.17) is 9.84 Å². The maximum atomic E-state index is 9.09. The highest BCUT2D eigenvalue weighted by Gasteiger charge is 2.21. The topological polar surface area (TPSA) is 41.5 Å². The fourth-order valence-electron chi connectivity index (χ4n) is 2.44. The van der Waals surface area contributed by atoms with Crippen LogP contribution in [0.1, 0.15) is 29.9 Å². The predicted octanol–water partition coefficient (Wildman–Crippen LogP) is 2.29. The normalized spacial score (nSPS) is 18.8. The van der Waals surface area contributed by atoms with Gasteiger partial charge in [0, 0.05) is 18.8 Å². The monoisotopic (exact) mass is 221 g/mol. The Balaban J connectivity index is 2.41. The van der Waals surface area contributed by atoms with Crippen LogP contribution in [-0.2, 0) is 0 Å². The van der Waals surface area contributed by atoms with Crippen LogP contribution in [0, 0.1) is 6.92 Å². The summed E-state index contributed by atoms with van der Waals surface area (Å²) in [7, 11) is 1.69. The number of aliphatic hydroxyl groups excluding tert-OH is 1. The Labute approximate surface area is 96.4 Å². The van der Waals surface area contributed by atoms with E-state index >= 15 is 0 Å². The molecule has 0 fully saturated rings. The Morgan fingerprint density at radius 3 is 3.00 bits per heavy atom. The van der Waals surface area contributed by atoms with Crippen LogP contribution in [-0.4, -0.2) is 25.4 Å². The van der Waals surface area contributed by atoms with Crippen LogP contribution in [0.3, 0.4) is 0 Å². The van der Waals surface area contributed by atoms with Crippen LogP contribution in [0.15, 0.2) is 12.1 Å². The molecule has 0 spiro atoms. The van der Waals surface area contributed by atoms with Gasteiger partial charge in [-0.2, -0.15) is 0 Å². The summed E-state index contributed by atoms with van der Waals surface area (Å²) in [5, 5.41) is 12.5. The van der Waals surface area contributed by atoms with E-state index in [1.807, 2.05) is 6.07 Å². The van der Waals surface area contributed by atoms with Crippen molar-refractivity contribution in [2.75, 3.05) is 25.6 Å². The molecule has 2 rings (SSSR count). The lowest BCUT2D eigenvalue weighted by Crippen LogP contribution is -2.18. The Morgan fingerprint density at radius 1 is 1.50 bits per heavy atom. The number of hydrogen-bond donors (Lipinski definition) is 2. The molecule has 1 heterocycles. The van der Waals surface area contributed by atoms with Gasteiger partial charge < -0.3 is 15.2 Å². The van der Waals surface area contributed by atoms with Crippen molar-refractivity contribution in [1.82, 2.24) is 0 Å². The number of benzene rings is 1. The summed E-state index contributed by atoms with van der Waals surface area (Å²) in [5.74, 6) is 1.36. The first-order valence-electron chi connectivity index (χ1n) is 5.79. The van der Waals surface area contributed by atoms with E-state index in [1.54, 1.807) is 7.11 Å². The van der Waals surface area contributed by atoms with Crippen LogP contribution < -0.4 is 10.1 Å². The minimum absolute atomic E-state index is 0.250. The first-order valence-corrected chi connectivity index (χ1v) is 5.79. The summed E-state index contributed by atoms with van der Waals surface area (Å²) >= 11 is 0. The van der Waals surface area contributed by atoms with Gasteiger partial charge in [-0.25, -0.2) is 0 Å². The molecular weight excluding hydrogens is 202 g/mol. The van der Waals surface area contributed by atoms with Gasteiger partial charge in [0.05, 0.1) is 7.11 Å². The lowest BCUT2D eigenvalue weighted by molar-refractivity contribution is 0.272. The molecule has 1 aromatic rings. The molecular formula is C13H19NO2. The highest BCUT2D eigenvalue weighted by atomic mass is 16.5. The lowest BCUT2D eigenvalue weighted by Gasteiger charge is -2.28. The first-order chi connectivity index (χ1) is 7.76. The number of ether oxygens (including phenoxy) is 1. The van der Waals surface area contributed by atoms with Crippen LogP contribution in [0.4, 0.5) is 5.69 Å². The van der Waals surface area contributed by atoms with Crippen molar-refractivity contribution >= 4 is 5.69 Å². The second kappa shape index (κ2) is 4.74. The Morgan fingerprint density at radius 2 is 2.31 bits per heavy atom. The molecule has 1 aliphatic rings. The fraction of sp³-hybridized carbons (Fsp3) is 0.538. The van der Waals surface area contributed by atoms with Crippen molar-refractivity contribution in [2.45, 2.75) is 25.7 Å². The molecule has 0 amide bonds. The molecule has 3 heteroatoms. The number of fused-ring (bicyclic) bond motifs is 1. The van der Waals surface area contributed by atoms with Crippen molar-refractivity contribution in [3.63, 3.8) is 0 Å². The Bertz CT molecular complexity index is 376. The minimum atomic E-state index is 0.250. The quantitative estimate of drug-likeness (QED) is 0.822. The van der Waals surface area contributed by atoms with E-state index in [0.717, 1.165) is 25.1 Å². The number of methoxy groups -OCH3 is 1. The predicted molar refractivity (Wildman–Crippen MR) is 65.3 cm³/mol. The Kier molecular flexibility index (Phi) is 3.34. The van der Waals surface area contributed by atoms with Crippen molar-refractivity contribution < 1.29 is 9.84 Å². The average molecular weight is 221 g/mol. The van der Waals surface area contributed by atoms with Crippen LogP contribution in [0.5, 0.6) is 5.75 Å². The van der Waals surface area contributed by atoms with Gasteiger partial charge in [0.1, 0.15) is 5.75 Å². The van der Waals surface area contributed by atoms with Crippen molar-refractivity contribution in [2.24, 2.45) is 0 Å². The standard InChI is InChI=1S/C13H19NO2/c1-9-7-11(16-2)8-12-10(4-6-15)3-5-14-13(9)12/h7-8,10,14-15H,3-6H2,1-2H3. The number of hydrogen-bond acceptors (Lipinski definition) is 3. The number of rotatable bonds is 3. The third kappa shape index (κ3) is 2.00. The minimum Gasteiger partial charge on any atom is -0.497 e. The molecule has 1 aromatic carbocycles. The number of aryl methyl sites for hydroxylation is 1. The molecule has 0 saturated carbocycles. The van der Waals surface area contributed by atoms with Gasteiger partial charge in [0.15, 0.2) is 0 Å². The summed E-state index contributed by atoms with van der Waals surface area (Å²) in [6.07, 6.45) is 1.92. The van der Waals surface area contributed by atoms with Gasteiger partial charge in [-0.05, 0) is 48.9 Å². The second-order valence-electron chi connectivity index (χ2n) is 4.33. The maximum absolute atomic E-state index is 9.09. The zero-order chi connectivity index (χ0) is 11.5. The second-order valence-corrected chi connectivity index (χ2v) is 4.33. The summed E-state index contributed by atoms with van der Waals surface area (Å²) in [6, 6.07) is 4.14. The van der Waals surface area contributed by atoms with Gasteiger partial charge in [0.2, 0.25) is 0 Å². The molecule has 2 N–H and O–H groups in total. The zero-order valence-corrected chi connectivity index (χ0v) is 9.92. The SMILES string of the molecule is COc1cc(C)c2c(c1)C(CCO)CCN2. The van der Waals surface area contributed by atoms with Crippen LogP contribution >= 0.6 is 0 Å². The molecule has 1 aliphatic heterocycles. The Hall–Kier alpha value is -1.22. The first kappa shape index (κ1) is 11.3. The lowest BCUT2D eigenvalue weighted by atomic mass is 9.87. The van der Waals surface area contributed by atoms with E-state index < -0.39 is 0 Å². The highest BCUT2D eigenvalue weighted by Crippen LogP contribution is 2.38. The average Bonchev–Trinajstić information content (AvgIpc) is 2.30. The van der Waals surface area contributed by atoms with Gasteiger partial charge in [-0.1, -0.05) is 0 Å². The number of nitrogens with one attached hydrogen (secondary N) is 1. The van der Waals surface area contributed by atoms with Crippen molar-refractivity contribution in [1.29, 1.82) is 0 Å². The van der Waals surface area contributed by atoms with E-state index in [2.05, 4.69) is 18.3 Å². The molecule has 0 saturated heterocycles. The van der Waals surface area contributed by atoms with E-state index in [-0.39, 0.29) is 6.61 Å². The molecule has 88 valence electrons. The largest absolute Gasteiger partial charge is 0.497 e. The molecule has 3 nitrogen and oxygen atoms in total. The smallest absolute Gasteiger partial charge is 0.119 e. The third-order valence-electron chi connectivity index (χ3n) is 3.29. The van der Waals surface area contributed by atoms with Crippen molar-refractivity contribution in [3.05, 3.63) is 23.3 Å². The summed E-state index contributed by atoms with van der Waals surface area (Å²) < 4.78 is 5.30. The molecule has 1 unspecified atom stereocenters. The van der Waals surface area contributed by atoms with Gasteiger partial charge in [-0.15, -0.1) is 0 Å². The van der Waals surface area contributed by atoms with E-state index in [1.165, 1.54) is 16.8 Å². The van der Waals surface area contributed by atoms with Crippen LogP contribution in [0.2, 0.25) is 0 Å². The van der Waals surface area contributed by atoms with Gasteiger partial charge in [0.25, 0.3) is 0 Å². The molecule has 0 bridgehead atoms. The number of aliphatic hydroxyl groups is 1. The highest BCUT2D eigenvalue weighted by molar-refractivity contribution is 5.62. The third-order valence-corrected chi connectivity index (χ3v) is 3.29. The van der Waals surface area contributed by atoms with Gasteiger partial charge in [-0.3, -0.25) is 0 Å². The number of anilines is 1. The molecule has 0 radical (unpaired) electrons. The molecule has 16 heavy (non-hydrogen) atoms. The van der Waals surface area contributed by atoms with Gasteiger partial charge >= 0.3 is 0 Å². The molecule has 1 atom stereocenters. The summed E-state index contributed by atoms with van der Waals surface area (Å²) in [6.45, 7) is 3.33. The van der Waals surface area contributed by atoms with E-state index in [9.17, 15) is 0 Å².